The monoisotopic (exact) mass is 687 g/mol. The molecule has 1 aliphatic heterocycles. The highest BCUT2D eigenvalue weighted by Crippen LogP contribution is 2.47. The average Bonchev–Trinajstić information content (AvgIpc) is 3.71. The summed E-state index contributed by atoms with van der Waals surface area (Å²) >= 11 is 0. The number of aliphatic hydroxyl groups excluding tert-OH is 1. The topological polar surface area (TPSA) is 139 Å². The number of fused-ring (bicyclic) bond motifs is 1. The lowest BCUT2D eigenvalue weighted by atomic mass is 9.83. The third-order valence-electron chi connectivity index (χ3n) is 9.26. The van der Waals surface area contributed by atoms with E-state index in [1.165, 1.54) is 0 Å². The summed E-state index contributed by atoms with van der Waals surface area (Å²) in [6.45, 7) is 2.44. The highest BCUT2D eigenvalue weighted by atomic mass is 16.5. The molecule has 0 aliphatic carbocycles. The fourth-order valence-electron chi connectivity index (χ4n) is 6.37. The lowest BCUT2D eigenvalue weighted by Gasteiger charge is -2.28. The summed E-state index contributed by atoms with van der Waals surface area (Å²) in [5.41, 5.74) is 2.68. The van der Waals surface area contributed by atoms with E-state index in [-0.39, 0.29) is 25.0 Å². The first-order valence-electron chi connectivity index (χ1n) is 16.7. The van der Waals surface area contributed by atoms with Gasteiger partial charge in [0, 0.05) is 35.5 Å². The first-order valence-corrected chi connectivity index (χ1v) is 16.7. The van der Waals surface area contributed by atoms with Crippen LogP contribution in [0.25, 0.3) is 0 Å². The van der Waals surface area contributed by atoms with Gasteiger partial charge in [-0.25, -0.2) is 0 Å². The van der Waals surface area contributed by atoms with Crippen LogP contribution < -0.4 is 19.7 Å². The molecule has 1 unspecified atom stereocenters. The van der Waals surface area contributed by atoms with E-state index in [1.807, 2.05) is 73.8 Å². The highest BCUT2D eigenvalue weighted by molar-refractivity contribution is 6.07. The average molecular weight is 688 g/mol. The van der Waals surface area contributed by atoms with E-state index in [1.54, 1.807) is 72.3 Å². The maximum atomic E-state index is 14.2. The minimum absolute atomic E-state index is 0.0808. The summed E-state index contributed by atoms with van der Waals surface area (Å²) in [5, 5.41) is 33.6. The Hall–Kier alpha value is -5.78. The first kappa shape index (κ1) is 35.1. The quantitative estimate of drug-likeness (QED) is 0.127. The smallest absolute Gasteiger partial charge is 0.264 e. The molecule has 0 spiro atoms. The van der Waals surface area contributed by atoms with E-state index >= 15 is 0 Å². The van der Waals surface area contributed by atoms with Crippen molar-refractivity contribution in [1.29, 1.82) is 0 Å². The Morgan fingerprint density at radius 3 is 2.43 bits per heavy atom. The Kier molecular flexibility index (Phi) is 10.6. The molecule has 3 atom stereocenters. The molecule has 1 aliphatic rings. The first-order chi connectivity index (χ1) is 24.7. The fraction of sp³-hybridized carbons (Fsp3) is 0.250. The number of aryl methyl sites for hydroxylation is 1. The summed E-state index contributed by atoms with van der Waals surface area (Å²) in [4.78, 5) is 28.7. The van der Waals surface area contributed by atoms with E-state index in [0.29, 0.717) is 52.7 Å². The summed E-state index contributed by atoms with van der Waals surface area (Å²) < 4.78 is 12.4. The standard InChI is InChI=1S/C40H41N5O6/c1-27(10-7-8-21-44-25-36(42-43-44)34(26-46)29-12-5-4-6-13-29)40(49)35-23-33(51-3)19-20-37(35)45(39(40)48)24-28-11-9-14-31(22-28)41-38(47)30-15-17-32(50-2)18-16-30/h4-7,9-20,22-23,25,27,34,46,49H,8,21,24,26H2,1-3H3,(H,41,47)/b10-7+/t27-,34?,40+/m0/s1. The van der Waals surface area contributed by atoms with Gasteiger partial charge in [0.2, 0.25) is 0 Å². The van der Waals surface area contributed by atoms with Crippen LogP contribution in [0.2, 0.25) is 0 Å². The number of allylic oxidation sites excluding steroid dienone is 1. The van der Waals surface area contributed by atoms with Crippen LogP contribution >= 0.6 is 0 Å². The van der Waals surface area contributed by atoms with Gasteiger partial charge in [-0.3, -0.25) is 14.3 Å². The number of nitrogens with zero attached hydrogens (tertiary/aromatic N) is 4. The number of aliphatic hydroxyl groups is 2. The van der Waals surface area contributed by atoms with Crippen molar-refractivity contribution in [2.45, 2.75) is 38.0 Å². The van der Waals surface area contributed by atoms with Crippen molar-refractivity contribution in [3.63, 3.8) is 0 Å². The lowest BCUT2D eigenvalue weighted by Crippen LogP contribution is -2.44. The predicted molar refractivity (Wildman–Crippen MR) is 194 cm³/mol. The van der Waals surface area contributed by atoms with Crippen LogP contribution in [0.4, 0.5) is 11.4 Å². The Morgan fingerprint density at radius 1 is 0.961 bits per heavy atom. The molecule has 0 saturated carbocycles. The van der Waals surface area contributed by atoms with Crippen molar-refractivity contribution < 1.29 is 29.3 Å². The van der Waals surface area contributed by atoms with Crippen LogP contribution in [0.5, 0.6) is 11.5 Å². The Labute approximate surface area is 296 Å². The van der Waals surface area contributed by atoms with Gasteiger partial charge in [-0.1, -0.05) is 66.8 Å². The lowest BCUT2D eigenvalue weighted by molar-refractivity contribution is -0.139. The van der Waals surface area contributed by atoms with Crippen LogP contribution in [-0.4, -0.2) is 57.8 Å². The molecule has 2 heterocycles. The van der Waals surface area contributed by atoms with Crippen molar-refractivity contribution >= 4 is 23.2 Å². The summed E-state index contributed by atoms with van der Waals surface area (Å²) in [6, 6.07) is 29.1. The van der Waals surface area contributed by atoms with Crippen LogP contribution in [0.15, 0.2) is 115 Å². The number of rotatable bonds is 14. The summed E-state index contributed by atoms with van der Waals surface area (Å²) in [5.74, 6) is -0.389. The number of ether oxygens (including phenoxy) is 2. The summed E-state index contributed by atoms with van der Waals surface area (Å²) in [7, 11) is 3.11. The molecule has 11 heteroatoms. The van der Waals surface area contributed by atoms with Crippen molar-refractivity contribution in [2.75, 3.05) is 31.0 Å². The van der Waals surface area contributed by atoms with Crippen LogP contribution in [0, 0.1) is 5.92 Å². The molecular weight excluding hydrogens is 646 g/mol. The molecule has 5 aromatic rings. The van der Waals surface area contributed by atoms with E-state index in [0.717, 1.165) is 11.1 Å². The van der Waals surface area contributed by atoms with Gasteiger partial charge < -0.3 is 29.9 Å². The third kappa shape index (κ3) is 7.40. The Morgan fingerprint density at radius 2 is 1.71 bits per heavy atom. The molecule has 3 N–H and O–H groups in total. The number of hydrogen-bond acceptors (Lipinski definition) is 8. The second-order valence-corrected chi connectivity index (χ2v) is 12.5. The van der Waals surface area contributed by atoms with Gasteiger partial charge in [-0.2, -0.15) is 0 Å². The fourth-order valence-corrected chi connectivity index (χ4v) is 6.37. The highest BCUT2D eigenvalue weighted by Gasteiger charge is 2.52. The zero-order valence-corrected chi connectivity index (χ0v) is 28.8. The Balaban J connectivity index is 1.15. The van der Waals surface area contributed by atoms with Gasteiger partial charge in [-0.15, -0.1) is 5.10 Å². The Bertz CT molecular complexity index is 2010. The van der Waals surface area contributed by atoms with Gasteiger partial charge in [0.15, 0.2) is 5.60 Å². The molecule has 0 bridgehead atoms. The molecule has 0 fully saturated rings. The summed E-state index contributed by atoms with van der Waals surface area (Å²) in [6.07, 6.45) is 6.18. The molecule has 4 aromatic carbocycles. The number of methoxy groups -OCH3 is 2. The number of aromatic nitrogens is 3. The molecule has 51 heavy (non-hydrogen) atoms. The molecule has 6 rings (SSSR count). The second-order valence-electron chi connectivity index (χ2n) is 12.5. The van der Waals surface area contributed by atoms with E-state index in [4.69, 9.17) is 9.47 Å². The zero-order valence-electron chi connectivity index (χ0n) is 28.8. The second kappa shape index (κ2) is 15.4. The molecule has 2 amide bonds. The van der Waals surface area contributed by atoms with Gasteiger partial charge >= 0.3 is 0 Å². The van der Waals surface area contributed by atoms with Gasteiger partial charge in [-0.05, 0) is 72.1 Å². The molecule has 0 radical (unpaired) electrons. The number of carbonyl (C=O) groups excluding carboxylic acids is 2. The number of nitrogens with one attached hydrogen (secondary N) is 1. The van der Waals surface area contributed by atoms with Crippen molar-refractivity contribution in [3.8, 4) is 11.5 Å². The number of carbonyl (C=O) groups is 2. The minimum atomic E-state index is -1.84. The van der Waals surface area contributed by atoms with Crippen molar-refractivity contribution in [3.05, 3.63) is 143 Å². The van der Waals surface area contributed by atoms with Crippen molar-refractivity contribution in [1.82, 2.24) is 15.0 Å². The van der Waals surface area contributed by atoms with Crippen molar-refractivity contribution in [2.24, 2.45) is 5.92 Å². The maximum absolute atomic E-state index is 14.2. The third-order valence-corrected chi connectivity index (χ3v) is 9.26. The normalized spacial score (nSPS) is 16.6. The molecule has 262 valence electrons. The number of amides is 2. The van der Waals surface area contributed by atoms with Crippen LogP contribution in [0.3, 0.4) is 0 Å². The van der Waals surface area contributed by atoms with Gasteiger partial charge in [0.05, 0.1) is 44.7 Å². The van der Waals surface area contributed by atoms with E-state index in [9.17, 15) is 19.8 Å². The van der Waals surface area contributed by atoms with Gasteiger partial charge in [0.1, 0.15) is 11.5 Å². The molecular formula is C40H41N5O6. The number of hydrogen-bond donors (Lipinski definition) is 3. The van der Waals surface area contributed by atoms with E-state index < -0.39 is 17.4 Å². The number of anilines is 2. The van der Waals surface area contributed by atoms with Crippen LogP contribution in [0.1, 0.15) is 52.0 Å². The number of benzene rings is 4. The minimum Gasteiger partial charge on any atom is -0.497 e. The molecule has 0 saturated heterocycles. The predicted octanol–water partition coefficient (Wildman–Crippen LogP) is 5.69. The largest absolute Gasteiger partial charge is 0.497 e. The SMILES string of the molecule is COc1ccc(C(=O)Nc2cccc(CN3C(=O)[C@@](O)([C@@H](C)/C=C/CCn4cc(C(CO)c5ccccc5)nn4)c4cc(OC)ccc43)c2)cc1. The molecule has 1 aromatic heterocycles. The van der Waals surface area contributed by atoms with E-state index in [2.05, 4.69) is 15.6 Å². The zero-order chi connectivity index (χ0) is 36.0. The van der Waals surface area contributed by atoms with Crippen LogP contribution in [-0.2, 0) is 23.5 Å². The molecule has 11 nitrogen and oxygen atoms in total. The maximum Gasteiger partial charge on any atom is 0.264 e. The van der Waals surface area contributed by atoms with Gasteiger partial charge in [0.25, 0.3) is 11.8 Å².